The van der Waals surface area contributed by atoms with E-state index in [-0.39, 0.29) is 0 Å². The largest absolute Gasteiger partial charge is 0.299 e. The lowest BCUT2D eigenvalue weighted by atomic mass is 10.0. The Balaban J connectivity index is 0.000000581. The molecule has 2 rings (SSSR count). The minimum atomic E-state index is 0.575. The van der Waals surface area contributed by atoms with Gasteiger partial charge in [-0.15, -0.1) is 0 Å². The van der Waals surface area contributed by atoms with E-state index in [4.69, 9.17) is 7.85 Å². The van der Waals surface area contributed by atoms with Crippen LogP contribution in [-0.2, 0) is 0 Å². The Hall–Kier alpha value is -1.32. The van der Waals surface area contributed by atoms with E-state index in [1.165, 1.54) is 0 Å². The van der Waals surface area contributed by atoms with Crippen LogP contribution in [-0.4, -0.2) is 22.2 Å². The second-order valence-electron chi connectivity index (χ2n) is 3.23. The van der Waals surface area contributed by atoms with Crippen LogP contribution in [0.5, 0.6) is 0 Å². The molecule has 0 saturated heterocycles. The van der Waals surface area contributed by atoms with Crippen molar-refractivity contribution in [2.45, 2.75) is 48.5 Å². The van der Waals surface area contributed by atoms with Crippen molar-refractivity contribution < 1.29 is 0 Å². The molecule has 4 heteroatoms. The van der Waals surface area contributed by atoms with E-state index in [0.717, 1.165) is 22.7 Å². The summed E-state index contributed by atoms with van der Waals surface area (Å²) in [5, 5.41) is 0. The molecule has 0 aliphatic heterocycles. The molecule has 92 valence electrons. The van der Waals surface area contributed by atoms with Crippen LogP contribution in [0.25, 0.3) is 5.65 Å². The van der Waals surface area contributed by atoms with Crippen molar-refractivity contribution in [2.75, 3.05) is 0 Å². The van der Waals surface area contributed by atoms with E-state index in [0.29, 0.717) is 5.59 Å². The number of imidazole rings is 1. The van der Waals surface area contributed by atoms with Gasteiger partial charge in [0.15, 0.2) is 5.65 Å². The Kier molecular flexibility index (Phi) is 6.55. The van der Waals surface area contributed by atoms with E-state index in [2.05, 4.69) is 9.97 Å². The van der Waals surface area contributed by atoms with Crippen molar-refractivity contribution in [1.29, 1.82) is 0 Å². The number of aryl methyl sites for hydroxylation is 3. The first-order valence-corrected chi connectivity index (χ1v) is 6.18. The van der Waals surface area contributed by atoms with Crippen LogP contribution >= 0.6 is 0 Å². The topological polar surface area (TPSA) is 30.2 Å². The maximum atomic E-state index is 5.76. The van der Waals surface area contributed by atoms with Gasteiger partial charge in [-0.25, -0.2) is 4.98 Å². The summed E-state index contributed by atoms with van der Waals surface area (Å²) < 4.78 is 2.03. The first-order valence-electron chi connectivity index (χ1n) is 6.18. The lowest BCUT2D eigenvalue weighted by molar-refractivity contribution is 1.01. The maximum absolute atomic E-state index is 5.76. The fourth-order valence-electron chi connectivity index (χ4n) is 1.54. The number of hydrogen-bond acceptors (Lipinski definition) is 2. The molecule has 0 amide bonds. The summed E-state index contributed by atoms with van der Waals surface area (Å²) in [5.41, 5.74) is 4.38. The summed E-state index contributed by atoms with van der Waals surface area (Å²) in [6, 6.07) is 0. The zero-order chi connectivity index (χ0) is 13.6. The Morgan fingerprint density at radius 3 is 2.12 bits per heavy atom. The Bertz CT molecular complexity index is 475. The van der Waals surface area contributed by atoms with Crippen LogP contribution < -0.4 is 5.59 Å². The van der Waals surface area contributed by atoms with E-state index >= 15 is 0 Å². The van der Waals surface area contributed by atoms with Gasteiger partial charge in [0.1, 0.15) is 7.85 Å². The molecule has 2 aromatic heterocycles. The highest BCUT2D eigenvalue weighted by atomic mass is 15.0. The molecule has 17 heavy (non-hydrogen) atoms. The van der Waals surface area contributed by atoms with Crippen LogP contribution in [0.2, 0.25) is 0 Å². The molecule has 0 aliphatic carbocycles. The number of nitrogens with zero attached hydrogens (tertiary/aromatic N) is 3. The maximum Gasteiger partial charge on any atom is 0.158 e. The molecule has 3 nitrogen and oxygen atoms in total. The van der Waals surface area contributed by atoms with Crippen molar-refractivity contribution >= 4 is 19.1 Å². The van der Waals surface area contributed by atoms with Crippen LogP contribution in [0, 0.1) is 20.8 Å². The third kappa shape index (κ3) is 3.08. The van der Waals surface area contributed by atoms with Crippen molar-refractivity contribution in [3.05, 3.63) is 23.3 Å². The average Bonchev–Trinajstić information content (AvgIpc) is 2.74. The summed E-state index contributed by atoms with van der Waals surface area (Å²) in [4.78, 5) is 8.47. The number of aromatic nitrogens is 3. The molecular formula is C13H22BN3. The highest BCUT2D eigenvalue weighted by Gasteiger charge is 2.07. The fraction of sp³-hybridized carbons (Fsp3) is 0.538. The summed E-state index contributed by atoms with van der Waals surface area (Å²) in [7, 11) is 5.76. The van der Waals surface area contributed by atoms with Gasteiger partial charge in [0.05, 0.1) is 5.69 Å². The highest BCUT2D eigenvalue weighted by molar-refractivity contribution is 6.31. The van der Waals surface area contributed by atoms with Gasteiger partial charge < -0.3 is 0 Å². The van der Waals surface area contributed by atoms with Gasteiger partial charge in [0, 0.05) is 23.2 Å². The summed E-state index contributed by atoms with van der Waals surface area (Å²) in [6.45, 7) is 13.9. The van der Waals surface area contributed by atoms with E-state index < -0.39 is 0 Å². The van der Waals surface area contributed by atoms with E-state index in [9.17, 15) is 0 Å². The van der Waals surface area contributed by atoms with Gasteiger partial charge in [0.2, 0.25) is 0 Å². The van der Waals surface area contributed by atoms with Gasteiger partial charge in [-0.1, -0.05) is 27.7 Å². The quantitative estimate of drug-likeness (QED) is 0.652. The summed E-state index contributed by atoms with van der Waals surface area (Å²) in [6.07, 6.45) is 1.83. The minimum absolute atomic E-state index is 0.575. The van der Waals surface area contributed by atoms with Crippen molar-refractivity contribution in [1.82, 2.24) is 14.4 Å². The van der Waals surface area contributed by atoms with Gasteiger partial charge in [-0.05, 0) is 20.8 Å². The standard InChI is InChI=1S/C9H10BN3.2C2H6/c1-5-4-11-9-6(2)12-8(10)7(3)13(5)9;2*1-2/h4H,1-3H3;2*1-2H3. The predicted molar refractivity (Wildman–Crippen MR) is 75.3 cm³/mol. The van der Waals surface area contributed by atoms with Gasteiger partial charge in [-0.2, -0.15) is 0 Å². The van der Waals surface area contributed by atoms with Gasteiger partial charge >= 0.3 is 0 Å². The lowest BCUT2D eigenvalue weighted by Gasteiger charge is -2.07. The molecule has 0 aliphatic rings. The lowest BCUT2D eigenvalue weighted by Crippen LogP contribution is -2.18. The first-order chi connectivity index (χ1) is 8.11. The summed E-state index contributed by atoms with van der Waals surface area (Å²) in [5.74, 6) is 0. The van der Waals surface area contributed by atoms with E-state index in [1.807, 2.05) is 59.1 Å². The SMILES string of the molecule is CC.CC.[B]c1nc(C)c2ncc(C)n2c1C. The molecule has 0 fully saturated rings. The third-order valence-corrected chi connectivity index (χ3v) is 2.26. The molecular weight excluding hydrogens is 209 g/mol. The Morgan fingerprint density at radius 1 is 1.06 bits per heavy atom. The molecule has 0 aromatic carbocycles. The van der Waals surface area contributed by atoms with Gasteiger partial charge in [-0.3, -0.25) is 9.38 Å². The van der Waals surface area contributed by atoms with E-state index in [1.54, 1.807) is 0 Å². The van der Waals surface area contributed by atoms with Crippen molar-refractivity contribution in [3.63, 3.8) is 0 Å². The fourth-order valence-corrected chi connectivity index (χ4v) is 1.54. The Morgan fingerprint density at radius 2 is 1.59 bits per heavy atom. The predicted octanol–water partition coefficient (Wildman–Crippen LogP) is 2.50. The van der Waals surface area contributed by atoms with Crippen molar-refractivity contribution in [2.24, 2.45) is 0 Å². The number of fused-ring (bicyclic) bond motifs is 1. The molecule has 0 atom stereocenters. The molecule has 0 bridgehead atoms. The van der Waals surface area contributed by atoms with Crippen LogP contribution in [0.3, 0.4) is 0 Å². The number of rotatable bonds is 0. The molecule has 2 heterocycles. The van der Waals surface area contributed by atoms with Crippen LogP contribution in [0.15, 0.2) is 6.20 Å². The zero-order valence-electron chi connectivity index (χ0n) is 12.0. The zero-order valence-corrected chi connectivity index (χ0v) is 12.0. The average molecular weight is 231 g/mol. The molecule has 0 saturated carbocycles. The highest BCUT2D eigenvalue weighted by Crippen LogP contribution is 2.09. The minimum Gasteiger partial charge on any atom is -0.299 e. The molecule has 2 radical (unpaired) electrons. The molecule has 0 N–H and O–H groups in total. The smallest absolute Gasteiger partial charge is 0.158 e. The first kappa shape index (κ1) is 15.7. The van der Waals surface area contributed by atoms with Gasteiger partial charge in [0.25, 0.3) is 0 Å². The Labute approximate surface area is 106 Å². The second-order valence-corrected chi connectivity index (χ2v) is 3.23. The third-order valence-electron chi connectivity index (χ3n) is 2.26. The molecule has 0 unspecified atom stereocenters. The number of hydrogen-bond donors (Lipinski definition) is 0. The summed E-state index contributed by atoms with van der Waals surface area (Å²) >= 11 is 0. The monoisotopic (exact) mass is 231 g/mol. The van der Waals surface area contributed by atoms with Crippen LogP contribution in [0.1, 0.15) is 44.8 Å². The molecule has 0 spiro atoms. The van der Waals surface area contributed by atoms with Crippen molar-refractivity contribution in [3.8, 4) is 0 Å². The van der Waals surface area contributed by atoms with Crippen LogP contribution in [0.4, 0.5) is 0 Å². The molecule has 2 aromatic rings. The normalized spacial score (nSPS) is 9.12. The second kappa shape index (κ2) is 7.10.